The normalized spacial score (nSPS) is 40.7. The standard InChI is InChI=1S/C30H50O6/c1-19(6-11-27(31)32)24-9-10-25-23-8-7-21-16-22(36-28(33)20(17-34-4)18-35-5)12-14-29(21,2)26(23)13-15-30(24,25)3/h19-26H,6-18H2,1-5H3,(H,31,32)/t19-,21-,22+,23+,24-,25+,26+,29+,30-/m1/s1. The van der Waals surface area contributed by atoms with Gasteiger partial charge in [-0.05, 0) is 111 Å². The summed E-state index contributed by atoms with van der Waals surface area (Å²) >= 11 is 0. The van der Waals surface area contributed by atoms with Crippen molar-refractivity contribution in [1.29, 1.82) is 0 Å². The monoisotopic (exact) mass is 506 g/mol. The number of carbonyl (C=O) groups excluding carboxylic acids is 1. The molecule has 4 rings (SSSR count). The first-order chi connectivity index (χ1) is 17.1. The van der Waals surface area contributed by atoms with Crippen molar-refractivity contribution in [2.24, 2.45) is 52.3 Å². The maximum Gasteiger partial charge on any atom is 0.313 e. The van der Waals surface area contributed by atoms with Crippen molar-refractivity contribution in [3.05, 3.63) is 0 Å². The van der Waals surface area contributed by atoms with Crippen LogP contribution in [0.2, 0.25) is 0 Å². The predicted molar refractivity (Wildman–Crippen MR) is 138 cm³/mol. The maximum atomic E-state index is 12.8. The Morgan fingerprint density at radius 1 is 0.917 bits per heavy atom. The van der Waals surface area contributed by atoms with Gasteiger partial charge in [0.15, 0.2) is 0 Å². The smallest absolute Gasteiger partial charge is 0.313 e. The van der Waals surface area contributed by atoms with Crippen LogP contribution >= 0.6 is 0 Å². The van der Waals surface area contributed by atoms with Crippen molar-refractivity contribution in [1.82, 2.24) is 0 Å². The Morgan fingerprint density at radius 3 is 2.25 bits per heavy atom. The Balaban J connectivity index is 1.39. The van der Waals surface area contributed by atoms with Crippen molar-refractivity contribution in [2.45, 2.75) is 97.5 Å². The van der Waals surface area contributed by atoms with E-state index in [4.69, 9.17) is 14.2 Å². The number of ether oxygens (including phenoxy) is 3. The largest absolute Gasteiger partial charge is 0.481 e. The molecule has 0 aromatic carbocycles. The topological polar surface area (TPSA) is 82.1 Å². The van der Waals surface area contributed by atoms with Gasteiger partial charge in [-0.3, -0.25) is 9.59 Å². The molecule has 6 heteroatoms. The number of rotatable bonds is 10. The van der Waals surface area contributed by atoms with E-state index in [0.29, 0.717) is 48.2 Å². The fraction of sp³-hybridized carbons (Fsp3) is 0.933. The van der Waals surface area contributed by atoms with Crippen LogP contribution in [0.3, 0.4) is 0 Å². The third kappa shape index (κ3) is 5.23. The molecule has 1 N–H and O–H groups in total. The van der Waals surface area contributed by atoms with E-state index in [2.05, 4.69) is 20.8 Å². The second-order valence-electron chi connectivity index (χ2n) is 13.2. The van der Waals surface area contributed by atoms with Crippen LogP contribution in [0.4, 0.5) is 0 Å². The van der Waals surface area contributed by atoms with E-state index in [1.54, 1.807) is 14.2 Å². The summed E-state index contributed by atoms with van der Waals surface area (Å²) in [7, 11) is 3.22. The van der Waals surface area contributed by atoms with Crippen LogP contribution in [0, 0.1) is 52.3 Å². The first kappa shape index (κ1) is 27.9. The van der Waals surface area contributed by atoms with Gasteiger partial charge in [-0.25, -0.2) is 0 Å². The molecule has 206 valence electrons. The highest BCUT2D eigenvalue weighted by Crippen LogP contribution is 2.68. The van der Waals surface area contributed by atoms with E-state index < -0.39 is 5.97 Å². The molecule has 0 heterocycles. The first-order valence-electron chi connectivity index (χ1n) is 14.5. The van der Waals surface area contributed by atoms with Crippen molar-refractivity contribution in [3.8, 4) is 0 Å². The molecule has 0 aliphatic heterocycles. The van der Waals surface area contributed by atoms with Crippen LogP contribution in [0.5, 0.6) is 0 Å². The lowest BCUT2D eigenvalue weighted by Crippen LogP contribution is -2.54. The number of esters is 1. The number of carboxylic acids is 1. The average molecular weight is 507 g/mol. The molecule has 4 aliphatic carbocycles. The molecule has 4 aliphatic rings. The highest BCUT2D eigenvalue weighted by molar-refractivity contribution is 5.73. The molecule has 0 saturated heterocycles. The van der Waals surface area contributed by atoms with Gasteiger partial charge in [-0.15, -0.1) is 0 Å². The van der Waals surface area contributed by atoms with Gasteiger partial charge in [0, 0.05) is 20.6 Å². The molecule has 0 aromatic rings. The Bertz CT molecular complexity index is 777. The number of hydrogen-bond donors (Lipinski definition) is 1. The summed E-state index contributed by atoms with van der Waals surface area (Å²) < 4.78 is 16.4. The van der Waals surface area contributed by atoms with Crippen LogP contribution in [0.1, 0.15) is 91.4 Å². The van der Waals surface area contributed by atoms with E-state index >= 15 is 0 Å². The van der Waals surface area contributed by atoms with Gasteiger partial charge in [0.1, 0.15) is 12.0 Å². The molecule has 4 saturated carbocycles. The number of fused-ring (bicyclic) bond motifs is 5. The molecule has 0 spiro atoms. The number of methoxy groups -OCH3 is 2. The second kappa shape index (κ2) is 11.3. The third-order valence-electron chi connectivity index (χ3n) is 11.5. The molecule has 6 nitrogen and oxygen atoms in total. The third-order valence-corrected chi connectivity index (χ3v) is 11.5. The van der Waals surface area contributed by atoms with Crippen molar-refractivity contribution >= 4 is 11.9 Å². The Hall–Kier alpha value is -1.14. The lowest BCUT2D eigenvalue weighted by atomic mass is 9.44. The lowest BCUT2D eigenvalue weighted by molar-refractivity contribution is -0.170. The predicted octanol–water partition coefficient (Wildman–Crippen LogP) is 5.97. The zero-order valence-electron chi connectivity index (χ0n) is 23.3. The first-order valence-corrected chi connectivity index (χ1v) is 14.5. The van der Waals surface area contributed by atoms with E-state index in [1.807, 2.05) is 0 Å². The van der Waals surface area contributed by atoms with E-state index in [1.165, 1.54) is 38.5 Å². The molecule has 0 amide bonds. The molecule has 0 radical (unpaired) electrons. The van der Waals surface area contributed by atoms with Crippen LogP contribution < -0.4 is 0 Å². The van der Waals surface area contributed by atoms with Gasteiger partial charge in [-0.2, -0.15) is 0 Å². The van der Waals surface area contributed by atoms with Gasteiger partial charge < -0.3 is 19.3 Å². The van der Waals surface area contributed by atoms with Gasteiger partial charge >= 0.3 is 11.9 Å². The second-order valence-corrected chi connectivity index (χ2v) is 13.2. The Morgan fingerprint density at radius 2 is 1.58 bits per heavy atom. The molecule has 0 unspecified atom stereocenters. The highest BCUT2D eigenvalue weighted by atomic mass is 16.6. The maximum absolute atomic E-state index is 12.8. The van der Waals surface area contributed by atoms with Gasteiger partial charge in [0.2, 0.25) is 0 Å². The van der Waals surface area contributed by atoms with Crippen LogP contribution in [-0.4, -0.2) is 50.6 Å². The van der Waals surface area contributed by atoms with E-state index in [9.17, 15) is 14.7 Å². The molecular formula is C30H50O6. The summed E-state index contributed by atoms with van der Waals surface area (Å²) in [4.78, 5) is 23.9. The minimum absolute atomic E-state index is 0.0168. The number of hydrogen-bond acceptors (Lipinski definition) is 5. The quantitative estimate of drug-likeness (QED) is 0.368. The van der Waals surface area contributed by atoms with Crippen molar-refractivity contribution in [2.75, 3.05) is 27.4 Å². The number of carboxylic acid groups (broad SMARTS) is 1. The van der Waals surface area contributed by atoms with E-state index in [0.717, 1.165) is 43.4 Å². The van der Waals surface area contributed by atoms with Crippen molar-refractivity contribution in [3.63, 3.8) is 0 Å². The summed E-state index contributed by atoms with van der Waals surface area (Å²) in [5.74, 6) is 2.94. The lowest BCUT2D eigenvalue weighted by Gasteiger charge is -2.61. The zero-order valence-corrected chi connectivity index (χ0v) is 23.3. The van der Waals surface area contributed by atoms with Crippen LogP contribution in [0.15, 0.2) is 0 Å². The molecule has 9 atom stereocenters. The van der Waals surface area contributed by atoms with E-state index in [-0.39, 0.29) is 18.0 Å². The molecular weight excluding hydrogens is 456 g/mol. The van der Waals surface area contributed by atoms with Crippen molar-refractivity contribution < 1.29 is 28.9 Å². The summed E-state index contributed by atoms with van der Waals surface area (Å²) in [5.41, 5.74) is 0.714. The average Bonchev–Trinajstić information content (AvgIpc) is 3.20. The molecule has 0 aromatic heterocycles. The Kier molecular flexibility index (Phi) is 8.76. The summed E-state index contributed by atoms with van der Waals surface area (Å²) in [6.07, 6.45) is 12.0. The fourth-order valence-corrected chi connectivity index (χ4v) is 9.70. The summed E-state index contributed by atoms with van der Waals surface area (Å²) in [6.45, 7) is 8.07. The summed E-state index contributed by atoms with van der Waals surface area (Å²) in [6, 6.07) is 0. The SMILES string of the molecule is COCC(COC)C(=O)O[C@H]1CC[C@@]2(C)[C@H](CC[C@@H]3[C@@H]2CC[C@]2(C)[C@@H]([C@H](C)CCC(=O)O)CC[C@@H]32)C1. The molecule has 36 heavy (non-hydrogen) atoms. The van der Waals surface area contributed by atoms with Gasteiger partial charge in [0.05, 0.1) is 13.2 Å². The minimum atomic E-state index is -0.661. The minimum Gasteiger partial charge on any atom is -0.481 e. The zero-order chi connectivity index (χ0) is 26.1. The number of aliphatic carboxylic acids is 1. The molecule has 4 fully saturated rings. The van der Waals surface area contributed by atoms with Crippen LogP contribution in [-0.2, 0) is 23.8 Å². The number of carbonyl (C=O) groups is 2. The summed E-state index contributed by atoms with van der Waals surface area (Å²) in [5, 5.41) is 9.20. The highest BCUT2D eigenvalue weighted by Gasteiger charge is 2.60. The molecule has 0 bridgehead atoms. The fourth-order valence-electron chi connectivity index (χ4n) is 9.70. The van der Waals surface area contributed by atoms with Gasteiger partial charge in [-0.1, -0.05) is 20.8 Å². The van der Waals surface area contributed by atoms with Gasteiger partial charge in [0.25, 0.3) is 0 Å². The Labute approximate surface area is 218 Å². The van der Waals surface area contributed by atoms with Crippen LogP contribution in [0.25, 0.3) is 0 Å².